The van der Waals surface area contributed by atoms with E-state index in [0.717, 1.165) is 10.7 Å². The van der Waals surface area contributed by atoms with E-state index in [1.165, 1.54) is 96.3 Å². The van der Waals surface area contributed by atoms with Crippen LogP contribution >= 0.6 is 15.9 Å². The van der Waals surface area contributed by atoms with E-state index in [2.05, 4.69) is 36.7 Å². The van der Waals surface area contributed by atoms with E-state index < -0.39 is 0 Å². The van der Waals surface area contributed by atoms with Crippen LogP contribution in [0.25, 0.3) is 0 Å². The van der Waals surface area contributed by atoms with E-state index in [1.807, 2.05) is 0 Å². The van der Waals surface area contributed by atoms with Gasteiger partial charge in [0, 0.05) is 4.83 Å². The maximum atomic E-state index is 3.89. The molecule has 2 atom stereocenters. The van der Waals surface area contributed by atoms with Gasteiger partial charge in [-0.2, -0.15) is 0 Å². The third-order valence-corrected chi connectivity index (χ3v) is 5.56. The minimum atomic E-state index is 0.770. The van der Waals surface area contributed by atoms with Gasteiger partial charge in [-0.05, 0) is 25.2 Å². The van der Waals surface area contributed by atoms with Gasteiger partial charge in [0.15, 0.2) is 0 Å². The average Bonchev–Trinajstić information content (AvgIpc) is 2.48. The summed E-state index contributed by atoms with van der Waals surface area (Å²) in [4.78, 5) is 0.770. The van der Waals surface area contributed by atoms with Crippen molar-refractivity contribution >= 4 is 15.9 Å². The van der Waals surface area contributed by atoms with Gasteiger partial charge in [0.25, 0.3) is 0 Å². The third kappa shape index (κ3) is 16.7. The van der Waals surface area contributed by atoms with Gasteiger partial charge >= 0.3 is 0 Å². The highest BCUT2D eigenvalue weighted by Gasteiger charge is 2.08. The fraction of sp³-hybridized carbons (Fsp3) is 1.00. The lowest BCUT2D eigenvalue weighted by Gasteiger charge is -2.14. The number of hydrogen-bond donors (Lipinski definition) is 0. The van der Waals surface area contributed by atoms with Crippen LogP contribution in [0.3, 0.4) is 0 Å². The lowest BCUT2D eigenvalue weighted by molar-refractivity contribution is 0.436. The molecule has 0 saturated heterocycles. The summed E-state index contributed by atoms with van der Waals surface area (Å²) >= 11 is 3.89. The van der Waals surface area contributed by atoms with Crippen molar-refractivity contribution in [2.75, 3.05) is 0 Å². The Morgan fingerprint density at radius 2 is 1.05 bits per heavy atom. The molecule has 2 unspecified atom stereocenters. The van der Waals surface area contributed by atoms with Gasteiger partial charge in [0.2, 0.25) is 0 Å². The van der Waals surface area contributed by atoms with Gasteiger partial charge in [-0.3, -0.25) is 0 Å². The smallest absolute Gasteiger partial charge is 0.0145 e. The van der Waals surface area contributed by atoms with E-state index in [-0.39, 0.29) is 0 Å². The Balaban J connectivity index is 3.32. The molecule has 0 fully saturated rings. The molecule has 0 radical (unpaired) electrons. The van der Waals surface area contributed by atoms with Gasteiger partial charge in [-0.1, -0.05) is 114 Å². The molecule has 0 amide bonds. The van der Waals surface area contributed by atoms with Crippen molar-refractivity contribution in [3.63, 3.8) is 0 Å². The largest absolute Gasteiger partial charge is 0.0891 e. The highest BCUT2D eigenvalue weighted by atomic mass is 79.9. The first-order valence-corrected chi connectivity index (χ1v) is 10.8. The zero-order valence-corrected chi connectivity index (χ0v) is 16.7. The molecule has 0 saturated carbocycles. The van der Waals surface area contributed by atoms with Crippen LogP contribution in [0.4, 0.5) is 0 Å². The summed E-state index contributed by atoms with van der Waals surface area (Å²) in [5.74, 6) is 0.927. The monoisotopic (exact) mass is 360 g/mol. The summed E-state index contributed by atoms with van der Waals surface area (Å²) in [7, 11) is 0. The molecule has 0 aromatic heterocycles. The Hall–Kier alpha value is 0.480. The van der Waals surface area contributed by atoms with Gasteiger partial charge < -0.3 is 0 Å². The zero-order chi connectivity index (χ0) is 15.8. The van der Waals surface area contributed by atoms with Crippen LogP contribution in [0, 0.1) is 5.92 Å². The molecule has 0 aliphatic heterocycles. The van der Waals surface area contributed by atoms with Crippen LogP contribution in [0.2, 0.25) is 0 Å². The molecular formula is C20H41Br. The summed E-state index contributed by atoms with van der Waals surface area (Å²) in [6, 6.07) is 0. The SMILES string of the molecule is CCCCCCCCC(C)CCC(Br)CCCCCCC. The molecule has 0 rings (SSSR count). The lowest BCUT2D eigenvalue weighted by Crippen LogP contribution is -2.03. The van der Waals surface area contributed by atoms with Crippen molar-refractivity contribution in [2.24, 2.45) is 5.92 Å². The first-order chi connectivity index (χ1) is 10.2. The lowest BCUT2D eigenvalue weighted by atomic mass is 9.96. The predicted octanol–water partition coefficient (Wildman–Crippen LogP) is 8.28. The normalized spacial score (nSPS) is 14.3. The van der Waals surface area contributed by atoms with E-state index >= 15 is 0 Å². The minimum absolute atomic E-state index is 0.770. The molecule has 0 spiro atoms. The van der Waals surface area contributed by atoms with E-state index in [9.17, 15) is 0 Å². The maximum Gasteiger partial charge on any atom is 0.0145 e. The predicted molar refractivity (Wildman–Crippen MR) is 102 cm³/mol. The number of rotatable bonds is 16. The second-order valence-electron chi connectivity index (χ2n) is 7.04. The number of hydrogen-bond acceptors (Lipinski definition) is 0. The average molecular weight is 361 g/mol. The van der Waals surface area contributed by atoms with Crippen LogP contribution < -0.4 is 0 Å². The third-order valence-electron chi connectivity index (χ3n) is 4.64. The number of alkyl halides is 1. The molecule has 0 aromatic rings. The van der Waals surface area contributed by atoms with Crippen LogP contribution in [0.15, 0.2) is 0 Å². The molecule has 0 aliphatic rings. The topological polar surface area (TPSA) is 0 Å². The maximum absolute atomic E-state index is 3.89. The number of unbranched alkanes of at least 4 members (excludes halogenated alkanes) is 9. The number of halogens is 1. The molecule has 0 heterocycles. The molecule has 1 heteroatoms. The standard InChI is InChI=1S/C20H41Br/c1-4-6-8-10-12-13-15-19(3)17-18-20(21)16-14-11-9-7-5-2/h19-20H,4-18H2,1-3H3. The highest BCUT2D eigenvalue weighted by molar-refractivity contribution is 9.09. The molecular weight excluding hydrogens is 320 g/mol. The van der Waals surface area contributed by atoms with Gasteiger partial charge in [-0.15, -0.1) is 0 Å². The zero-order valence-electron chi connectivity index (χ0n) is 15.1. The summed E-state index contributed by atoms with van der Waals surface area (Å²) in [5.41, 5.74) is 0. The second kappa shape index (κ2) is 16.8. The van der Waals surface area contributed by atoms with E-state index in [1.54, 1.807) is 0 Å². The van der Waals surface area contributed by atoms with E-state index in [0.29, 0.717) is 0 Å². The van der Waals surface area contributed by atoms with E-state index in [4.69, 9.17) is 0 Å². The van der Waals surface area contributed by atoms with Crippen molar-refractivity contribution < 1.29 is 0 Å². The highest BCUT2D eigenvalue weighted by Crippen LogP contribution is 2.22. The fourth-order valence-corrected chi connectivity index (χ4v) is 3.58. The van der Waals surface area contributed by atoms with Crippen molar-refractivity contribution in [2.45, 2.75) is 122 Å². The Morgan fingerprint density at radius 1 is 0.571 bits per heavy atom. The first kappa shape index (κ1) is 21.5. The Bertz CT molecular complexity index is 190. The van der Waals surface area contributed by atoms with Crippen LogP contribution in [0.5, 0.6) is 0 Å². The molecule has 0 nitrogen and oxygen atoms in total. The van der Waals surface area contributed by atoms with Crippen LogP contribution in [-0.4, -0.2) is 4.83 Å². The molecule has 0 aromatic carbocycles. The Labute approximate surface area is 144 Å². The Morgan fingerprint density at radius 3 is 1.62 bits per heavy atom. The van der Waals surface area contributed by atoms with Crippen molar-refractivity contribution in [3.05, 3.63) is 0 Å². The molecule has 21 heavy (non-hydrogen) atoms. The molecule has 0 N–H and O–H groups in total. The van der Waals surface area contributed by atoms with Crippen molar-refractivity contribution in [1.29, 1.82) is 0 Å². The summed E-state index contributed by atoms with van der Waals surface area (Å²) in [6.45, 7) is 7.04. The summed E-state index contributed by atoms with van der Waals surface area (Å²) < 4.78 is 0. The van der Waals surface area contributed by atoms with Crippen LogP contribution in [-0.2, 0) is 0 Å². The Kier molecular flexibility index (Phi) is 17.2. The van der Waals surface area contributed by atoms with Crippen molar-refractivity contribution in [3.8, 4) is 0 Å². The molecule has 0 aliphatic carbocycles. The van der Waals surface area contributed by atoms with Crippen molar-refractivity contribution in [1.82, 2.24) is 0 Å². The van der Waals surface area contributed by atoms with Gasteiger partial charge in [0.1, 0.15) is 0 Å². The minimum Gasteiger partial charge on any atom is -0.0891 e. The van der Waals surface area contributed by atoms with Gasteiger partial charge in [-0.25, -0.2) is 0 Å². The molecule has 0 bridgehead atoms. The molecule has 128 valence electrons. The fourth-order valence-electron chi connectivity index (χ4n) is 3.00. The first-order valence-electron chi connectivity index (χ1n) is 9.84. The van der Waals surface area contributed by atoms with Gasteiger partial charge in [0.05, 0.1) is 0 Å². The summed E-state index contributed by atoms with van der Waals surface area (Å²) in [6.07, 6.45) is 21.3. The second-order valence-corrected chi connectivity index (χ2v) is 8.33. The summed E-state index contributed by atoms with van der Waals surface area (Å²) in [5, 5.41) is 0. The van der Waals surface area contributed by atoms with Crippen LogP contribution in [0.1, 0.15) is 117 Å². The quantitative estimate of drug-likeness (QED) is 0.192.